The summed E-state index contributed by atoms with van der Waals surface area (Å²) in [6.45, 7) is 3.17. The summed E-state index contributed by atoms with van der Waals surface area (Å²) in [5.74, 6) is 0.440. The Hall–Kier alpha value is -3.33. The van der Waals surface area contributed by atoms with Crippen molar-refractivity contribution in [3.63, 3.8) is 0 Å². The van der Waals surface area contributed by atoms with Gasteiger partial charge in [0.2, 0.25) is 5.95 Å². The lowest BCUT2D eigenvalue weighted by atomic mass is 10.1. The number of hydrogen-bond acceptors (Lipinski definition) is 7. The molecule has 0 radical (unpaired) electrons. The van der Waals surface area contributed by atoms with Gasteiger partial charge in [0.1, 0.15) is 5.52 Å². The molecule has 1 aliphatic heterocycles. The van der Waals surface area contributed by atoms with E-state index in [0.29, 0.717) is 30.3 Å². The number of imidazole rings is 1. The van der Waals surface area contributed by atoms with E-state index in [2.05, 4.69) is 25.5 Å². The second-order valence-corrected chi connectivity index (χ2v) is 7.01. The van der Waals surface area contributed by atoms with Crippen LogP contribution >= 0.6 is 0 Å². The number of aromatic nitrogens is 6. The predicted molar refractivity (Wildman–Crippen MR) is 105 cm³/mol. The Labute approximate surface area is 160 Å². The molecular weight excluding hydrogens is 358 g/mol. The van der Waals surface area contributed by atoms with E-state index in [9.17, 15) is 4.79 Å². The molecular formula is C19H19N7O2. The minimum Gasteiger partial charge on any atom is -0.379 e. The highest BCUT2D eigenvalue weighted by Gasteiger charge is 2.24. The zero-order valence-electron chi connectivity index (χ0n) is 15.6. The number of nitrogens with one attached hydrogen (secondary N) is 1. The average molecular weight is 377 g/mol. The van der Waals surface area contributed by atoms with Gasteiger partial charge in [-0.2, -0.15) is 15.2 Å². The molecule has 1 saturated heterocycles. The minimum atomic E-state index is -0.0996. The van der Waals surface area contributed by atoms with E-state index in [0.717, 1.165) is 28.6 Å². The maximum Gasteiger partial charge on any atom is 0.330 e. The molecule has 9 heteroatoms. The van der Waals surface area contributed by atoms with Gasteiger partial charge in [-0.1, -0.05) is 0 Å². The van der Waals surface area contributed by atoms with Gasteiger partial charge in [0.05, 0.1) is 30.6 Å². The molecule has 0 unspecified atom stereocenters. The SMILES string of the molecule is Cc1cc2nnccc2cc1Nc1ncc2c(n1)n([C@@H]1CCOC1)c(=O)n2C. The normalized spacial score (nSPS) is 16.9. The topological polar surface area (TPSA) is 99.8 Å². The smallest absolute Gasteiger partial charge is 0.330 e. The van der Waals surface area contributed by atoms with Gasteiger partial charge in [-0.15, -0.1) is 0 Å². The highest BCUT2D eigenvalue weighted by Crippen LogP contribution is 2.26. The molecule has 1 aliphatic rings. The van der Waals surface area contributed by atoms with Crippen molar-refractivity contribution in [2.75, 3.05) is 18.5 Å². The molecule has 142 valence electrons. The van der Waals surface area contributed by atoms with E-state index in [1.165, 1.54) is 0 Å². The largest absolute Gasteiger partial charge is 0.379 e. The molecule has 1 atom stereocenters. The lowest BCUT2D eigenvalue weighted by Crippen LogP contribution is -2.26. The number of ether oxygens (including phenoxy) is 1. The molecule has 0 bridgehead atoms. The number of fused-ring (bicyclic) bond motifs is 2. The predicted octanol–water partition coefficient (Wildman–Crippen LogP) is 2.09. The first-order valence-electron chi connectivity index (χ1n) is 9.12. The van der Waals surface area contributed by atoms with E-state index in [1.54, 1.807) is 28.6 Å². The molecule has 4 aromatic rings. The minimum absolute atomic E-state index is 0.0000654. The van der Waals surface area contributed by atoms with Gasteiger partial charge in [0, 0.05) is 24.7 Å². The molecule has 4 heterocycles. The zero-order chi connectivity index (χ0) is 19.3. The molecule has 0 amide bonds. The molecule has 0 aliphatic carbocycles. The Morgan fingerprint density at radius 3 is 3.04 bits per heavy atom. The Kier molecular flexibility index (Phi) is 3.83. The Morgan fingerprint density at radius 1 is 1.32 bits per heavy atom. The number of benzene rings is 1. The van der Waals surface area contributed by atoms with Crippen molar-refractivity contribution in [1.82, 2.24) is 29.3 Å². The third-order valence-electron chi connectivity index (χ3n) is 5.21. The summed E-state index contributed by atoms with van der Waals surface area (Å²) in [5, 5.41) is 12.3. The van der Waals surface area contributed by atoms with Crippen LogP contribution in [0.5, 0.6) is 0 Å². The number of hydrogen-bond donors (Lipinski definition) is 1. The Bertz CT molecular complexity index is 1250. The summed E-state index contributed by atoms with van der Waals surface area (Å²) in [7, 11) is 1.74. The molecule has 1 aromatic carbocycles. The second kappa shape index (κ2) is 6.38. The molecule has 9 nitrogen and oxygen atoms in total. The second-order valence-electron chi connectivity index (χ2n) is 7.01. The van der Waals surface area contributed by atoms with Crippen molar-refractivity contribution < 1.29 is 4.74 Å². The van der Waals surface area contributed by atoms with Crippen molar-refractivity contribution in [3.8, 4) is 0 Å². The Morgan fingerprint density at radius 2 is 2.21 bits per heavy atom. The monoisotopic (exact) mass is 377 g/mol. The van der Waals surface area contributed by atoms with Gasteiger partial charge < -0.3 is 10.1 Å². The highest BCUT2D eigenvalue weighted by atomic mass is 16.5. The maximum absolute atomic E-state index is 12.7. The van der Waals surface area contributed by atoms with E-state index in [4.69, 9.17) is 4.74 Å². The van der Waals surface area contributed by atoms with Crippen LogP contribution in [-0.4, -0.2) is 42.5 Å². The average Bonchev–Trinajstić information content (AvgIpc) is 3.30. The highest BCUT2D eigenvalue weighted by molar-refractivity contribution is 5.84. The van der Waals surface area contributed by atoms with Crippen LogP contribution in [0.2, 0.25) is 0 Å². The van der Waals surface area contributed by atoms with Crippen molar-refractivity contribution >= 4 is 33.7 Å². The quantitative estimate of drug-likeness (QED) is 0.583. The van der Waals surface area contributed by atoms with Gasteiger partial charge in [-0.3, -0.25) is 9.13 Å². The number of aryl methyl sites for hydroxylation is 2. The first-order chi connectivity index (χ1) is 13.6. The summed E-state index contributed by atoms with van der Waals surface area (Å²) in [4.78, 5) is 21.8. The van der Waals surface area contributed by atoms with E-state index in [-0.39, 0.29) is 11.7 Å². The van der Waals surface area contributed by atoms with Crippen molar-refractivity contribution in [2.24, 2.45) is 7.05 Å². The van der Waals surface area contributed by atoms with Crippen molar-refractivity contribution in [1.29, 1.82) is 0 Å². The van der Waals surface area contributed by atoms with Gasteiger partial charge >= 0.3 is 5.69 Å². The summed E-state index contributed by atoms with van der Waals surface area (Å²) in [6, 6.07) is 5.87. The maximum atomic E-state index is 12.7. The van der Waals surface area contributed by atoms with Crippen molar-refractivity contribution in [3.05, 3.63) is 46.6 Å². The van der Waals surface area contributed by atoms with Crippen LogP contribution in [0.3, 0.4) is 0 Å². The standard InChI is InChI=1S/C19H19N7O2/c1-11-7-15-12(3-5-21-24-15)8-14(11)22-18-20-9-16-17(23-18)26(19(27)25(16)2)13-4-6-28-10-13/h3,5,7-9,13H,4,6,10H2,1-2H3,(H,20,22,23)/t13-/m1/s1. The Balaban J connectivity index is 1.59. The van der Waals surface area contributed by atoms with Gasteiger partial charge in [0.15, 0.2) is 5.65 Å². The first kappa shape index (κ1) is 16.8. The van der Waals surface area contributed by atoms with E-state index < -0.39 is 0 Å². The van der Waals surface area contributed by atoms with Crippen LogP contribution in [0, 0.1) is 6.92 Å². The zero-order valence-corrected chi connectivity index (χ0v) is 15.6. The summed E-state index contributed by atoms with van der Waals surface area (Å²) >= 11 is 0. The van der Waals surface area contributed by atoms with Crippen LogP contribution in [0.1, 0.15) is 18.0 Å². The number of nitrogens with zero attached hydrogens (tertiary/aromatic N) is 6. The summed E-state index contributed by atoms with van der Waals surface area (Å²) < 4.78 is 8.77. The molecule has 5 rings (SSSR count). The van der Waals surface area contributed by atoms with Crippen LogP contribution < -0.4 is 11.0 Å². The third kappa shape index (κ3) is 2.63. The molecule has 1 N–H and O–H groups in total. The lowest BCUT2D eigenvalue weighted by Gasteiger charge is -2.11. The van der Waals surface area contributed by atoms with Crippen LogP contribution in [0.4, 0.5) is 11.6 Å². The number of rotatable bonds is 3. The van der Waals surface area contributed by atoms with E-state index in [1.807, 2.05) is 25.1 Å². The van der Waals surface area contributed by atoms with Crippen molar-refractivity contribution in [2.45, 2.75) is 19.4 Å². The fourth-order valence-corrected chi connectivity index (χ4v) is 3.64. The van der Waals surface area contributed by atoms with Gasteiger partial charge in [-0.25, -0.2) is 9.78 Å². The summed E-state index contributed by atoms with van der Waals surface area (Å²) in [6.07, 6.45) is 4.15. The first-order valence-corrected chi connectivity index (χ1v) is 9.12. The third-order valence-corrected chi connectivity index (χ3v) is 5.21. The van der Waals surface area contributed by atoms with E-state index >= 15 is 0 Å². The van der Waals surface area contributed by atoms with Crippen LogP contribution in [0.15, 0.2) is 35.4 Å². The van der Waals surface area contributed by atoms with Crippen LogP contribution in [-0.2, 0) is 11.8 Å². The van der Waals surface area contributed by atoms with Gasteiger partial charge in [-0.05, 0) is 37.1 Å². The fourth-order valence-electron chi connectivity index (χ4n) is 3.64. The molecule has 0 spiro atoms. The van der Waals surface area contributed by atoms with Crippen LogP contribution in [0.25, 0.3) is 22.1 Å². The summed E-state index contributed by atoms with van der Waals surface area (Å²) in [5.41, 5.74) is 3.94. The number of anilines is 2. The molecule has 0 saturated carbocycles. The lowest BCUT2D eigenvalue weighted by molar-refractivity contribution is 0.186. The molecule has 28 heavy (non-hydrogen) atoms. The molecule has 3 aromatic heterocycles. The molecule has 1 fully saturated rings. The fraction of sp³-hybridized carbons (Fsp3) is 0.316. The van der Waals surface area contributed by atoms with Gasteiger partial charge in [0.25, 0.3) is 0 Å².